The van der Waals surface area contributed by atoms with Crippen LogP contribution in [0.15, 0.2) is 54.7 Å². The Kier molecular flexibility index (Phi) is 8.66. The third kappa shape index (κ3) is 5.24. The molecule has 0 aliphatic rings. The number of nitrogens with zero attached hydrogens (tertiary/aromatic N) is 5. The van der Waals surface area contributed by atoms with Crippen LogP contribution in [0, 0.1) is 6.92 Å². The highest BCUT2D eigenvalue weighted by molar-refractivity contribution is 7.22. The lowest BCUT2D eigenvalue weighted by molar-refractivity contribution is 0.0983. The van der Waals surface area contributed by atoms with Crippen LogP contribution in [-0.2, 0) is 0 Å². The number of thiazole rings is 1. The van der Waals surface area contributed by atoms with Crippen LogP contribution in [-0.4, -0.2) is 58.9 Å². The van der Waals surface area contributed by atoms with Crippen LogP contribution in [0.2, 0.25) is 0 Å². The third-order valence-electron chi connectivity index (χ3n) is 5.84. The van der Waals surface area contributed by atoms with Gasteiger partial charge in [-0.15, -0.1) is 12.4 Å². The summed E-state index contributed by atoms with van der Waals surface area (Å²) >= 11 is 1.50. The molecule has 9 heteroatoms. The van der Waals surface area contributed by atoms with Gasteiger partial charge < -0.3 is 9.64 Å². The van der Waals surface area contributed by atoms with Gasteiger partial charge in [0.2, 0.25) is 0 Å². The molecule has 2 heterocycles. The van der Waals surface area contributed by atoms with E-state index in [1.54, 1.807) is 22.9 Å². The van der Waals surface area contributed by atoms with Crippen molar-refractivity contribution in [3.05, 3.63) is 66.0 Å². The number of hydrogen-bond donors (Lipinski definition) is 0. The lowest BCUT2D eigenvalue weighted by atomic mass is 10.2. The number of rotatable bonds is 9. The molecule has 0 spiro atoms. The minimum Gasteiger partial charge on any atom is -0.497 e. The van der Waals surface area contributed by atoms with Gasteiger partial charge in [-0.05, 0) is 50.3 Å². The average molecular weight is 500 g/mol. The fraction of sp³-hybridized carbons (Fsp3) is 0.320. The van der Waals surface area contributed by atoms with Crippen molar-refractivity contribution in [2.45, 2.75) is 20.8 Å². The number of carbonyl (C=O) groups excluding carboxylic acids is 1. The van der Waals surface area contributed by atoms with Crippen LogP contribution in [0.4, 0.5) is 5.13 Å². The van der Waals surface area contributed by atoms with Gasteiger partial charge >= 0.3 is 0 Å². The van der Waals surface area contributed by atoms with Crippen LogP contribution >= 0.6 is 23.7 Å². The molecular weight excluding hydrogens is 470 g/mol. The van der Waals surface area contributed by atoms with E-state index in [9.17, 15) is 4.79 Å². The molecular formula is C25H30ClN5O2S. The molecule has 7 nitrogen and oxygen atoms in total. The minimum absolute atomic E-state index is 0. The van der Waals surface area contributed by atoms with Gasteiger partial charge in [-0.2, -0.15) is 5.10 Å². The zero-order valence-corrected chi connectivity index (χ0v) is 21.5. The number of halogens is 1. The van der Waals surface area contributed by atoms with Crippen LogP contribution in [0.3, 0.4) is 0 Å². The molecule has 0 saturated heterocycles. The second-order valence-electron chi connectivity index (χ2n) is 7.70. The van der Waals surface area contributed by atoms with Crippen LogP contribution in [0.1, 0.15) is 29.9 Å². The summed E-state index contributed by atoms with van der Waals surface area (Å²) in [7, 11) is 1.65. The van der Waals surface area contributed by atoms with Gasteiger partial charge in [0.15, 0.2) is 5.13 Å². The number of likely N-dealkylation sites (N-methyl/N-ethyl adjacent to an activating group) is 1. The Morgan fingerprint density at radius 3 is 2.50 bits per heavy atom. The van der Waals surface area contributed by atoms with Crippen molar-refractivity contribution in [2.24, 2.45) is 0 Å². The summed E-state index contributed by atoms with van der Waals surface area (Å²) in [4.78, 5) is 22.7. The normalized spacial score (nSPS) is 11.0. The maximum Gasteiger partial charge on any atom is 0.263 e. The topological polar surface area (TPSA) is 63.5 Å². The molecule has 0 fully saturated rings. The fourth-order valence-electron chi connectivity index (χ4n) is 3.79. The van der Waals surface area contributed by atoms with Crippen LogP contribution in [0.5, 0.6) is 5.75 Å². The van der Waals surface area contributed by atoms with E-state index in [2.05, 4.69) is 23.8 Å². The van der Waals surface area contributed by atoms with E-state index in [0.717, 1.165) is 47.0 Å². The summed E-state index contributed by atoms with van der Waals surface area (Å²) in [6.45, 7) is 9.37. The first-order valence-corrected chi connectivity index (χ1v) is 12.0. The average Bonchev–Trinajstić information content (AvgIpc) is 3.44. The Hall–Kier alpha value is -2.94. The fourth-order valence-corrected chi connectivity index (χ4v) is 4.81. The summed E-state index contributed by atoms with van der Waals surface area (Å²) in [6, 6.07) is 15.6. The standard InChI is InChI=1S/C25H29N5O2S.ClH/c1-5-28(6-2)14-15-29(25-27-22-13-12-20(32-4)16-23(22)33-25)24(31)21-17-26-30(18(21)3)19-10-8-7-9-11-19;/h7-13,16-17H,5-6,14-15H2,1-4H3;1H. The highest BCUT2D eigenvalue weighted by Crippen LogP contribution is 2.32. The van der Waals surface area contributed by atoms with Crippen molar-refractivity contribution >= 4 is 45.0 Å². The van der Waals surface area contributed by atoms with Crippen molar-refractivity contribution in [3.63, 3.8) is 0 Å². The largest absolute Gasteiger partial charge is 0.497 e. The van der Waals surface area contributed by atoms with Gasteiger partial charge in [-0.25, -0.2) is 9.67 Å². The van der Waals surface area contributed by atoms with Gasteiger partial charge in [0, 0.05) is 13.1 Å². The smallest absolute Gasteiger partial charge is 0.263 e. The second-order valence-corrected chi connectivity index (χ2v) is 8.71. The molecule has 0 N–H and O–H groups in total. The molecule has 0 bridgehead atoms. The summed E-state index contributed by atoms with van der Waals surface area (Å²) < 4.78 is 8.15. The lowest BCUT2D eigenvalue weighted by Crippen LogP contribution is -2.39. The minimum atomic E-state index is -0.0899. The maximum atomic E-state index is 13.8. The van der Waals surface area contributed by atoms with Crippen molar-refractivity contribution < 1.29 is 9.53 Å². The molecule has 4 rings (SSSR count). The monoisotopic (exact) mass is 499 g/mol. The van der Waals surface area contributed by atoms with Gasteiger partial charge in [0.25, 0.3) is 5.91 Å². The molecule has 0 unspecified atom stereocenters. The first-order chi connectivity index (χ1) is 16.0. The van der Waals surface area contributed by atoms with Crippen LogP contribution < -0.4 is 9.64 Å². The van der Waals surface area contributed by atoms with E-state index < -0.39 is 0 Å². The number of methoxy groups -OCH3 is 1. The summed E-state index contributed by atoms with van der Waals surface area (Å²) in [5.41, 5.74) is 3.17. The van der Waals surface area contributed by atoms with E-state index in [-0.39, 0.29) is 18.3 Å². The van der Waals surface area contributed by atoms with E-state index in [1.807, 2.05) is 55.5 Å². The Bertz CT molecular complexity index is 1240. The molecule has 0 aliphatic heterocycles. The number of fused-ring (bicyclic) bond motifs is 1. The van der Waals surface area contributed by atoms with Gasteiger partial charge in [0.05, 0.1) is 40.5 Å². The number of ether oxygens (including phenoxy) is 1. The van der Waals surface area contributed by atoms with Crippen molar-refractivity contribution in [1.29, 1.82) is 0 Å². The molecule has 2 aromatic heterocycles. The number of anilines is 1. The second kappa shape index (κ2) is 11.5. The molecule has 0 atom stereocenters. The number of benzene rings is 2. The third-order valence-corrected chi connectivity index (χ3v) is 6.88. The Balaban J connectivity index is 0.00000324. The highest BCUT2D eigenvalue weighted by atomic mass is 35.5. The quantitative estimate of drug-likeness (QED) is 0.316. The maximum absolute atomic E-state index is 13.8. The van der Waals surface area contributed by atoms with Gasteiger partial charge in [-0.3, -0.25) is 9.69 Å². The molecule has 180 valence electrons. The van der Waals surface area contributed by atoms with Crippen molar-refractivity contribution in [1.82, 2.24) is 19.7 Å². The summed E-state index contributed by atoms with van der Waals surface area (Å²) in [5.74, 6) is 0.687. The van der Waals surface area contributed by atoms with Gasteiger partial charge in [0.1, 0.15) is 5.75 Å². The van der Waals surface area contributed by atoms with E-state index >= 15 is 0 Å². The van der Waals surface area contributed by atoms with E-state index in [0.29, 0.717) is 17.2 Å². The highest BCUT2D eigenvalue weighted by Gasteiger charge is 2.25. The first kappa shape index (κ1) is 25.7. The molecule has 2 aromatic carbocycles. The number of hydrogen-bond acceptors (Lipinski definition) is 6. The van der Waals surface area contributed by atoms with Gasteiger partial charge in [-0.1, -0.05) is 43.4 Å². The molecule has 34 heavy (non-hydrogen) atoms. The zero-order valence-electron chi connectivity index (χ0n) is 19.9. The zero-order chi connectivity index (χ0) is 23.4. The van der Waals surface area contributed by atoms with E-state index in [4.69, 9.17) is 9.72 Å². The molecule has 0 saturated carbocycles. The van der Waals surface area contributed by atoms with Crippen LogP contribution in [0.25, 0.3) is 15.9 Å². The lowest BCUT2D eigenvalue weighted by Gasteiger charge is -2.24. The Labute approximate surface area is 210 Å². The molecule has 0 radical (unpaired) electrons. The predicted octanol–water partition coefficient (Wildman–Crippen LogP) is 5.21. The Morgan fingerprint density at radius 2 is 1.82 bits per heavy atom. The summed E-state index contributed by atoms with van der Waals surface area (Å²) in [5, 5.41) is 5.18. The van der Waals surface area contributed by atoms with Crippen molar-refractivity contribution in [3.8, 4) is 11.4 Å². The first-order valence-electron chi connectivity index (χ1n) is 11.1. The molecule has 1 amide bonds. The molecule has 0 aliphatic carbocycles. The number of amides is 1. The summed E-state index contributed by atoms with van der Waals surface area (Å²) in [6.07, 6.45) is 1.66. The SMILES string of the molecule is CCN(CC)CCN(C(=O)c1cnn(-c2ccccc2)c1C)c1nc2ccc(OC)cc2s1.Cl. The van der Waals surface area contributed by atoms with Crippen molar-refractivity contribution in [2.75, 3.05) is 38.2 Å². The predicted molar refractivity (Wildman–Crippen MR) is 141 cm³/mol. The molecule has 4 aromatic rings. The number of aromatic nitrogens is 3. The number of para-hydroxylation sites is 1. The Morgan fingerprint density at radius 1 is 1.09 bits per heavy atom. The van der Waals surface area contributed by atoms with E-state index in [1.165, 1.54) is 11.3 Å². The number of carbonyl (C=O) groups is 1.